The van der Waals surface area contributed by atoms with Crippen LogP contribution in [0.2, 0.25) is 0 Å². The van der Waals surface area contributed by atoms with Crippen LogP contribution < -0.4 is 0 Å². The van der Waals surface area contributed by atoms with Gasteiger partial charge in [-0.2, -0.15) is 15.6 Å². The van der Waals surface area contributed by atoms with E-state index in [9.17, 15) is 0 Å². The van der Waals surface area contributed by atoms with E-state index in [4.69, 9.17) is 10.5 Å². The molecule has 0 radical (unpaired) electrons. The van der Waals surface area contributed by atoms with Crippen LogP contribution in [-0.2, 0) is 6.54 Å². The Hall–Kier alpha value is -1.81. The predicted octanol–water partition coefficient (Wildman–Crippen LogP) is 0.278. The molecule has 0 unspecified atom stereocenters. The zero-order valence-corrected chi connectivity index (χ0v) is 5.15. The van der Waals surface area contributed by atoms with E-state index in [1.54, 1.807) is 0 Å². The lowest BCUT2D eigenvalue weighted by molar-refractivity contribution is 0.710. The second-order valence-electron chi connectivity index (χ2n) is 1.70. The van der Waals surface area contributed by atoms with Gasteiger partial charge in [-0.3, -0.25) is 4.68 Å². The second kappa shape index (κ2) is 2.65. The molecule has 48 valence electrons. The minimum Gasteiger partial charge on any atom is -0.257 e. The summed E-state index contributed by atoms with van der Waals surface area (Å²) in [6, 6.07) is 3.83. The fourth-order valence-electron chi connectivity index (χ4n) is 0.580. The summed E-state index contributed by atoms with van der Waals surface area (Å²) in [5.41, 5.74) is 0.482. The van der Waals surface area contributed by atoms with Crippen molar-refractivity contribution in [2.45, 2.75) is 6.54 Å². The van der Waals surface area contributed by atoms with Gasteiger partial charge in [0, 0.05) is 6.20 Å². The number of nitriles is 2. The molecular weight excluding hydrogens is 128 g/mol. The van der Waals surface area contributed by atoms with E-state index in [0.29, 0.717) is 5.56 Å². The van der Waals surface area contributed by atoms with E-state index >= 15 is 0 Å². The molecule has 0 saturated carbocycles. The topological polar surface area (TPSA) is 65.4 Å². The van der Waals surface area contributed by atoms with Gasteiger partial charge < -0.3 is 0 Å². The zero-order chi connectivity index (χ0) is 7.40. The first kappa shape index (κ1) is 6.31. The molecule has 1 heterocycles. The van der Waals surface area contributed by atoms with E-state index in [1.165, 1.54) is 17.1 Å². The van der Waals surface area contributed by atoms with Crippen LogP contribution in [0.3, 0.4) is 0 Å². The number of hydrogen-bond donors (Lipinski definition) is 0. The molecule has 0 saturated heterocycles. The van der Waals surface area contributed by atoms with Gasteiger partial charge in [-0.05, 0) is 0 Å². The van der Waals surface area contributed by atoms with Crippen molar-refractivity contribution in [3.8, 4) is 12.1 Å². The van der Waals surface area contributed by atoms with Gasteiger partial charge in [0.25, 0.3) is 0 Å². The molecule has 0 atom stereocenters. The third kappa shape index (κ3) is 1.12. The zero-order valence-electron chi connectivity index (χ0n) is 5.15. The van der Waals surface area contributed by atoms with Crippen molar-refractivity contribution in [1.82, 2.24) is 9.78 Å². The van der Waals surface area contributed by atoms with Gasteiger partial charge in [0.2, 0.25) is 0 Å². The Labute approximate surface area is 57.9 Å². The summed E-state index contributed by atoms with van der Waals surface area (Å²) in [5, 5.41) is 20.3. The lowest BCUT2D eigenvalue weighted by Crippen LogP contribution is -1.93. The van der Waals surface area contributed by atoms with Crippen molar-refractivity contribution in [3.63, 3.8) is 0 Å². The number of rotatable bonds is 1. The van der Waals surface area contributed by atoms with E-state index < -0.39 is 0 Å². The Morgan fingerprint density at radius 2 is 2.40 bits per heavy atom. The molecule has 0 aliphatic rings. The van der Waals surface area contributed by atoms with Crippen LogP contribution in [0.4, 0.5) is 0 Å². The minimum atomic E-state index is 0.196. The lowest BCUT2D eigenvalue weighted by atomic mass is 10.4. The van der Waals surface area contributed by atoms with E-state index in [2.05, 4.69) is 5.10 Å². The number of hydrogen-bond acceptors (Lipinski definition) is 3. The van der Waals surface area contributed by atoms with Crippen LogP contribution in [0.1, 0.15) is 5.56 Å². The Morgan fingerprint density at radius 1 is 1.60 bits per heavy atom. The van der Waals surface area contributed by atoms with Crippen molar-refractivity contribution < 1.29 is 0 Å². The van der Waals surface area contributed by atoms with Crippen molar-refractivity contribution in [3.05, 3.63) is 18.0 Å². The molecule has 0 aliphatic heterocycles. The smallest absolute Gasteiger partial charge is 0.128 e. The largest absolute Gasteiger partial charge is 0.257 e. The molecule has 1 rings (SSSR count). The molecule has 1 aromatic heterocycles. The Kier molecular flexibility index (Phi) is 1.67. The third-order valence-electron chi connectivity index (χ3n) is 0.995. The van der Waals surface area contributed by atoms with Crippen LogP contribution >= 0.6 is 0 Å². The molecule has 0 amide bonds. The molecule has 4 nitrogen and oxygen atoms in total. The normalized spacial score (nSPS) is 8.20. The summed E-state index contributed by atoms with van der Waals surface area (Å²) in [6.07, 6.45) is 2.96. The highest BCUT2D eigenvalue weighted by Gasteiger charge is 1.93. The summed E-state index contributed by atoms with van der Waals surface area (Å²) in [4.78, 5) is 0. The maximum atomic E-state index is 8.33. The van der Waals surface area contributed by atoms with Gasteiger partial charge in [0.15, 0.2) is 0 Å². The first-order valence-electron chi connectivity index (χ1n) is 2.66. The van der Waals surface area contributed by atoms with Gasteiger partial charge in [-0.15, -0.1) is 0 Å². The SMILES string of the molecule is N#CCn1cc(C#N)cn1. The second-order valence-corrected chi connectivity index (χ2v) is 1.70. The molecule has 0 fully saturated rings. The lowest BCUT2D eigenvalue weighted by Gasteiger charge is -1.85. The van der Waals surface area contributed by atoms with Gasteiger partial charge in [-0.1, -0.05) is 0 Å². The molecule has 0 bridgehead atoms. The fourth-order valence-corrected chi connectivity index (χ4v) is 0.580. The maximum absolute atomic E-state index is 8.33. The van der Waals surface area contributed by atoms with Crippen LogP contribution in [0.25, 0.3) is 0 Å². The van der Waals surface area contributed by atoms with Crippen molar-refractivity contribution >= 4 is 0 Å². The summed E-state index contributed by atoms with van der Waals surface area (Å²) in [7, 11) is 0. The molecule has 4 heteroatoms. The average Bonchev–Trinajstić information content (AvgIpc) is 2.37. The molecule has 1 aromatic rings. The van der Waals surface area contributed by atoms with Crippen LogP contribution in [-0.4, -0.2) is 9.78 Å². The van der Waals surface area contributed by atoms with Crippen LogP contribution in [0.5, 0.6) is 0 Å². The molecule has 0 spiro atoms. The fraction of sp³-hybridized carbons (Fsp3) is 0.167. The summed E-state index contributed by atoms with van der Waals surface area (Å²) in [5.74, 6) is 0. The standard InChI is InChI=1S/C6H4N4/c7-1-2-10-5-6(3-8)4-9-10/h4-5H,2H2. The van der Waals surface area contributed by atoms with E-state index in [1.807, 2.05) is 12.1 Å². The maximum Gasteiger partial charge on any atom is 0.128 e. The molecule has 10 heavy (non-hydrogen) atoms. The number of aromatic nitrogens is 2. The van der Waals surface area contributed by atoms with Crippen molar-refractivity contribution in [2.75, 3.05) is 0 Å². The molecule has 0 N–H and O–H groups in total. The monoisotopic (exact) mass is 132 g/mol. The minimum absolute atomic E-state index is 0.196. The highest BCUT2D eigenvalue weighted by Crippen LogP contribution is 1.92. The predicted molar refractivity (Wildman–Crippen MR) is 32.6 cm³/mol. The first-order valence-corrected chi connectivity index (χ1v) is 2.66. The van der Waals surface area contributed by atoms with Gasteiger partial charge in [-0.25, -0.2) is 0 Å². The van der Waals surface area contributed by atoms with Crippen molar-refractivity contribution in [1.29, 1.82) is 10.5 Å². The van der Waals surface area contributed by atoms with E-state index in [-0.39, 0.29) is 6.54 Å². The quantitative estimate of drug-likeness (QED) is 0.551. The Morgan fingerprint density at radius 3 is 2.90 bits per heavy atom. The highest BCUT2D eigenvalue weighted by molar-refractivity contribution is 5.21. The van der Waals surface area contributed by atoms with Crippen LogP contribution in [0, 0.1) is 22.7 Å². The molecule has 0 aromatic carbocycles. The van der Waals surface area contributed by atoms with Crippen molar-refractivity contribution in [2.24, 2.45) is 0 Å². The average molecular weight is 132 g/mol. The van der Waals surface area contributed by atoms with E-state index in [0.717, 1.165) is 0 Å². The van der Waals surface area contributed by atoms with Gasteiger partial charge in [0.05, 0.1) is 17.8 Å². The first-order chi connectivity index (χ1) is 4.86. The van der Waals surface area contributed by atoms with Crippen LogP contribution in [0.15, 0.2) is 12.4 Å². The molecular formula is C6H4N4. The summed E-state index contributed by atoms with van der Waals surface area (Å²) in [6.45, 7) is 0.196. The summed E-state index contributed by atoms with van der Waals surface area (Å²) < 4.78 is 1.42. The van der Waals surface area contributed by atoms with Gasteiger partial charge >= 0.3 is 0 Å². The number of nitrogens with zero attached hydrogens (tertiary/aromatic N) is 4. The molecule has 0 aliphatic carbocycles. The van der Waals surface area contributed by atoms with Gasteiger partial charge in [0.1, 0.15) is 12.6 Å². The Bertz CT molecular complexity index is 298. The highest BCUT2D eigenvalue weighted by atomic mass is 15.3. The Balaban J connectivity index is 2.83. The summed E-state index contributed by atoms with van der Waals surface area (Å²) >= 11 is 0. The third-order valence-corrected chi connectivity index (χ3v) is 0.995.